The number of carbonyl (C=O) groups is 1. The molecular formula is C25H26N2O. The fraction of sp³-hybridized carbons (Fsp3) is 0.360. The average molecular weight is 370 g/mol. The normalized spacial score (nSPS) is 22.1. The van der Waals surface area contributed by atoms with Crippen LogP contribution in [0, 0.1) is 5.92 Å². The number of benzene rings is 2. The molecule has 2 aromatic carbocycles. The smallest absolute Gasteiger partial charge is 0.272 e. The van der Waals surface area contributed by atoms with E-state index in [1.165, 1.54) is 36.5 Å². The molecule has 2 unspecified atom stereocenters. The lowest BCUT2D eigenvalue weighted by Gasteiger charge is -2.44. The Morgan fingerprint density at radius 2 is 1.68 bits per heavy atom. The van der Waals surface area contributed by atoms with Crippen molar-refractivity contribution in [3.63, 3.8) is 0 Å². The monoisotopic (exact) mass is 370 g/mol. The van der Waals surface area contributed by atoms with Gasteiger partial charge in [-0.05, 0) is 60.6 Å². The van der Waals surface area contributed by atoms with Crippen LogP contribution in [0.4, 0.5) is 0 Å². The van der Waals surface area contributed by atoms with Gasteiger partial charge >= 0.3 is 0 Å². The Kier molecular flexibility index (Phi) is 4.59. The molecular weight excluding hydrogens is 344 g/mol. The lowest BCUT2D eigenvalue weighted by Crippen LogP contribution is -2.49. The molecule has 142 valence electrons. The Hall–Kier alpha value is -2.68. The summed E-state index contributed by atoms with van der Waals surface area (Å²) in [7, 11) is 0. The van der Waals surface area contributed by atoms with E-state index in [2.05, 4.69) is 47.4 Å². The zero-order chi connectivity index (χ0) is 18.9. The first kappa shape index (κ1) is 17.4. The highest BCUT2D eigenvalue weighted by atomic mass is 16.2. The van der Waals surface area contributed by atoms with E-state index in [0.717, 1.165) is 30.6 Å². The highest BCUT2D eigenvalue weighted by Gasteiger charge is 2.36. The number of aromatic nitrogens is 1. The number of carbonyl (C=O) groups excluding carboxylic acids is 1. The lowest BCUT2D eigenvalue weighted by atomic mass is 9.78. The Balaban J connectivity index is 1.45. The summed E-state index contributed by atoms with van der Waals surface area (Å²) in [6.45, 7) is 0.877. The Bertz CT molecular complexity index is 1010. The van der Waals surface area contributed by atoms with Crippen LogP contribution >= 0.6 is 0 Å². The second-order valence-electron chi connectivity index (χ2n) is 8.22. The number of likely N-dealkylation sites (tertiary alicyclic amines) is 1. The molecule has 1 aromatic heterocycles. The molecule has 5 rings (SSSR count). The minimum Gasteiger partial charge on any atom is -0.334 e. The minimum atomic E-state index is 0.110. The van der Waals surface area contributed by atoms with Crippen molar-refractivity contribution in [2.75, 3.05) is 6.54 Å². The molecule has 2 heterocycles. The molecule has 0 bridgehead atoms. The molecule has 2 aliphatic rings. The van der Waals surface area contributed by atoms with Crippen LogP contribution in [0.25, 0.3) is 22.0 Å². The zero-order valence-corrected chi connectivity index (χ0v) is 16.2. The average Bonchev–Trinajstić information content (AvgIpc) is 2.78. The summed E-state index contributed by atoms with van der Waals surface area (Å²) in [5.74, 6) is 0.800. The minimum absolute atomic E-state index is 0.110. The molecule has 1 saturated carbocycles. The van der Waals surface area contributed by atoms with E-state index < -0.39 is 0 Å². The molecule has 2 atom stereocenters. The van der Waals surface area contributed by atoms with Gasteiger partial charge in [0.2, 0.25) is 0 Å². The maximum absolute atomic E-state index is 13.3. The molecule has 0 spiro atoms. The maximum Gasteiger partial charge on any atom is 0.272 e. The number of hydrogen-bond donors (Lipinski definition) is 0. The fourth-order valence-electron chi connectivity index (χ4n) is 5.09. The van der Waals surface area contributed by atoms with Gasteiger partial charge in [0.15, 0.2) is 0 Å². The molecule has 1 aliphatic carbocycles. The summed E-state index contributed by atoms with van der Waals surface area (Å²) in [6, 6.07) is 21.0. The van der Waals surface area contributed by atoms with E-state index in [-0.39, 0.29) is 5.91 Å². The van der Waals surface area contributed by atoms with Gasteiger partial charge in [0, 0.05) is 18.2 Å². The SMILES string of the molecule is O=C(c1cccc(-c2ccc3ccccc3c2)n1)N1CCCC2CCCCC21. The molecule has 28 heavy (non-hydrogen) atoms. The summed E-state index contributed by atoms with van der Waals surface area (Å²) < 4.78 is 0. The maximum atomic E-state index is 13.3. The van der Waals surface area contributed by atoms with Crippen molar-refractivity contribution in [1.29, 1.82) is 0 Å². The Morgan fingerprint density at radius 1 is 0.857 bits per heavy atom. The van der Waals surface area contributed by atoms with Crippen molar-refractivity contribution in [1.82, 2.24) is 9.88 Å². The number of piperidine rings is 1. The third-order valence-corrected chi connectivity index (χ3v) is 6.52. The van der Waals surface area contributed by atoms with Crippen LogP contribution in [0.5, 0.6) is 0 Å². The molecule has 2 fully saturated rings. The molecule has 1 aliphatic heterocycles. The van der Waals surface area contributed by atoms with Gasteiger partial charge in [-0.25, -0.2) is 4.98 Å². The summed E-state index contributed by atoms with van der Waals surface area (Å²) >= 11 is 0. The first-order valence-corrected chi connectivity index (χ1v) is 10.6. The van der Waals surface area contributed by atoms with Crippen LogP contribution in [-0.4, -0.2) is 28.4 Å². The van der Waals surface area contributed by atoms with Gasteiger partial charge in [0.25, 0.3) is 5.91 Å². The van der Waals surface area contributed by atoms with Gasteiger partial charge in [-0.1, -0.05) is 55.3 Å². The second-order valence-corrected chi connectivity index (χ2v) is 8.22. The molecule has 1 saturated heterocycles. The molecule has 1 amide bonds. The van der Waals surface area contributed by atoms with Crippen LogP contribution < -0.4 is 0 Å². The number of rotatable bonds is 2. The van der Waals surface area contributed by atoms with Gasteiger partial charge in [-0.2, -0.15) is 0 Å². The van der Waals surface area contributed by atoms with Gasteiger partial charge < -0.3 is 4.90 Å². The van der Waals surface area contributed by atoms with Crippen LogP contribution in [-0.2, 0) is 0 Å². The van der Waals surface area contributed by atoms with E-state index in [1.54, 1.807) is 0 Å². The largest absolute Gasteiger partial charge is 0.334 e. The highest BCUT2D eigenvalue weighted by Crippen LogP contribution is 2.36. The predicted molar refractivity (Wildman–Crippen MR) is 113 cm³/mol. The van der Waals surface area contributed by atoms with Crippen molar-refractivity contribution in [3.05, 3.63) is 66.4 Å². The summed E-state index contributed by atoms with van der Waals surface area (Å²) in [6.07, 6.45) is 7.39. The van der Waals surface area contributed by atoms with Gasteiger partial charge in [0.05, 0.1) is 5.69 Å². The Morgan fingerprint density at radius 3 is 2.61 bits per heavy atom. The van der Waals surface area contributed by atoms with E-state index in [4.69, 9.17) is 4.98 Å². The standard InChI is InChI=1S/C25H26N2O/c28-25(27-16-6-10-19-8-3-4-13-24(19)27)23-12-5-11-22(26-23)21-15-14-18-7-1-2-9-20(18)17-21/h1-2,5,7,9,11-12,14-15,17,19,24H,3-4,6,8,10,13,16H2. The lowest BCUT2D eigenvalue weighted by molar-refractivity contribution is 0.0385. The topological polar surface area (TPSA) is 33.2 Å². The second kappa shape index (κ2) is 7.38. The molecule has 3 nitrogen and oxygen atoms in total. The highest BCUT2D eigenvalue weighted by molar-refractivity contribution is 5.93. The van der Waals surface area contributed by atoms with Crippen molar-refractivity contribution >= 4 is 16.7 Å². The van der Waals surface area contributed by atoms with Crippen molar-refractivity contribution < 1.29 is 4.79 Å². The number of hydrogen-bond acceptors (Lipinski definition) is 2. The third kappa shape index (κ3) is 3.19. The quantitative estimate of drug-likeness (QED) is 0.580. The first-order chi connectivity index (χ1) is 13.8. The number of pyridine rings is 1. The number of nitrogens with zero attached hydrogens (tertiary/aromatic N) is 2. The fourth-order valence-corrected chi connectivity index (χ4v) is 5.09. The molecule has 0 radical (unpaired) electrons. The van der Waals surface area contributed by atoms with Gasteiger partial charge in [-0.3, -0.25) is 4.79 Å². The first-order valence-electron chi connectivity index (χ1n) is 10.6. The van der Waals surface area contributed by atoms with Crippen LogP contribution in [0.1, 0.15) is 49.0 Å². The van der Waals surface area contributed by atoms with Crippen molar-refractivity contribution in [2.24, 2.45) is 5.92 Å². The van der Waals surface area contributed by atoms with E-state index >= 15 is 0 Å². The predicted octanol–water partition coefficient (Wildman–Crippen LogP) is 5.70. The van der Waals surface area contributed by atoms with Gasteiger partial charge in [0.1, 0.15) is 5.69 Å². The number of fused-ring (bicyclic) bond motifs is 2. The van der Waals surface area contributed by atoms with Crippen LogP contribution in [0.15, 0.2) is 60.7 Å². The zero-order valence-electron chi connectivity index (χ0n) is 16.2. The summed E-state index contributed by atoms with van der Waals surface area (Å²) in [5, 5.41) is 2.41. The van der Waals surface area contributed by atoms with E-state index in [9.17, 15) is 4.79 Å². The van der Waals surface area contributed by atoms with Gasteiger partial charge in [-0.15, -0.1) is 0 Å². The molecule has 3 aromatic rings. The Labute approximate surface area is 166 Å². The van der Waals surface area contributed by atoms with Crippen LogP contribution in [0.3, 0.4) is 0 Å². The summed E-state index contributed by atoms with van der Waals surface area (Å²) in [5.41, 5.74) is 2.51. The molecule has 3 heteroatoms. The number of amides is 1. The van der Waals surface area contributed by atoms with E-state index in [0.29, 0.717) is 17.7 Å². The van der Waals surface area contributed by atoms with Crippen molar-refractivity contribution in [2.45, 2.75) is 44.6 Å². The molecule has 0 N–H and O–H groups in total. The van der Waals surface area contributed by atoms with E-state index in [1.807, 2.05) is 18.2 Å². The van der Waals surface area contributed by atoms with Crippen LogP contribution in [0.2, 0.25) is 0 Å². The van der Waals surface area contributed by atoms with Crippen molar-refractivity contribution in [3.8, 4) is 11.3 Å². The third-order valence-electron chi connectivity index (χ3n) is 6.52. The summed E-state index contributed by atoms with van der Waals surface area (Å²) in [4.78, 5) is 20.2.